The number of aromatic nitrogens is 1. The predicted octanol–water partition coefficient (Wildman–Crippen LogP) is 2.48. The van der Waals surface area contributed by atoms with E-state index in [0.29, 0.717) is 5.25 Å². The Labute approximate surface area is 119 Å². The number of hydrogen-bond donors (Lipinski definition) is 1. The van der Waals surface area contributed by atoms with Gasteiger partial charge in [-0.2, -0.15) is 11.8 Å². The van der Waals surface area contributed by atoms with Crippen molar-refractivity contribution in [2.45, 2.75) is 25.5 Å². The molecule has 0 bridgehead atoms. The first kappa shape index (κ1) is 14.2. The van der Waals surface area contributed by atoms with Gasteiger partial charge in [-0.15, -0.1) is 0 Å². The van der Waals surface area contributed by atoms with E-state index in [1.807, 2.05) is 29.7 Å². The first-order valence-corrected chi connectivity index (χ1v) is 7.90. The van der Waals surface area contributed by atoms with Crippen LogP contribution in [0, 0.1) is 0 Å². The average Bonchev–Trinajstić information content (AvgIpc) is 2.47. The molecule has 0 radical (unpaired) electrons. The first-order valence-electron chi connectivity index (χ1n) is 6.85. The van der Waals surface area contributed by atoms with Crippen LogP contribution in [0.3, 0.4) is 0 Å². The van der Waals surface area contributed by atoms with E-state index in [2.05, 4.69) is 17.2 Å². The second kappa shape index (κ2) is 6.80. The summed E-state index contributed by atoms with van der Waals surface area (Å²) in [5, 5.41) is 3.72. The lowest BCUT2D eigenvalue weighted by atomic mass is 10.2. The van der Waals surface area contributed by atoms with Crippen molar-refractivity contribution in [3.63, 3.8) is 0 Å². The molecule has 4 nitrogen and oxygen atoms in total. The third kappa shape index (κ3) is 3.62. The minimum atomic E-state index is 0.125. The van der Waals surface area contributed by atoms with Gasteiger partial charge in [-0.3, -0.25) is 4.79 Å². The third-order valence-corrected chi connectivity index (χ3v) is 4.62. The number of pyridine rings is 1. The van der Waals surface area contributed by atoms with Gasteiger partial charge in [-0.1, -0.05) is 6.92 Å². The van der Waals surface area contributed by atoms with Gasteiger partial charge in [0, 0.05) is 42.4 Å². The Kier molecular flexibility index (Phi) is 5.07. The number of carbonyl (C=O) groups is 1. The van der Waals surface area contributed by atoms with Crippen molar-refractivity contribution in [1.82, 2.24) is 9.88 Å². The van der Waals surface area contributed by atoms with Crippen LogP contribution in [0.15, 0.2) is 18.3 Å². The number of nitrogens with zero attached hydrogens (tertiary/aromatic N) is 2. The van der Waals surface area contributed by atoms with Gasteiger partial charge >= 0.3 is 0 Å². The van der Waals surface area contributed by atoms with Crippen LogP contribution in [0.4, 0.5) is 5.82 Å². The molecule has 1 saturated heterocycles. The van der Waals surface area contributed by atoms with Crippen LogP contribution in [-0.2, 0) is 0 Å². The number of thioether (sulfide) groups is 1. The Bertz CT molecular complexity index is 438. The fourth-order valence-electron chi connectivity index (χ4n) is 2.17. The van der Waals surface area contributed by atoms with E-state index in [0.717, 1.165) is 43.2 Å². The lowest BCUT2D eigenvalue weighted by Crippen LogP contribution is -2.41. The van der Waals surface area contributed by atoms with E-state index in [1.54, 1.807) is 12.3 Å². The number of hydrogen-bond acceptors (Lipinski definition) is 4. The summed E-state index contributed by atoms with van der Waals surface area (Å²) >= 11 is 1.97. The SMILES string of the molecule is CCNc1cc(C(=O)N2CCSC(CC)C2)ccn1. The maximum Gasteiger partial charge on any atom is 0.254 e. The van der Waals surface area contributed by atoms with Crippen LogP contribution in [0.2, 0.25) is 0 Å². The van der Waals surface area contributed by atoms with Crippen molar-refractivity contribution in [2.24, 2.45) is 0 Å². The van der Waals surface area contributed by atoms with Gasteiger partial charge in [0.05, 0.1) is 0 Å². The molecule has 1 aliphatic rings. The lowest BCUT2D eigenvalue weighted by Gasteiger charge is -2.32. The molecule has 1 aromatic heterocycles. The predicted molar refractivity (Wildman–Crippen MR) is 80.8 cm³/mol. The summed E-state index contributed by atoms with van der Waals surface area (Å²) in [6, 6.07) is 3.64. The summed E-state index contributed by atoms with van der Waals surface area (Å²) in [5.41, 5.74) is 0.729. The standard InChI is InChI=1S/C14H21N3OS/c1-3-12-10-17(7-8-19-12)14(18)11-5-6-16-13(9-11)15-4-2/h5-6,9,12H,3-4,7-8,10H2,1-2H3,(H,15,16). The molecule has 1 fully saturated rings. The Balaban J connectivity index is 2.08. The van der Waals surface area contributed by atoms with Crippen molar-refractivity contribution in [2.75, 3.05) is 30.7 Å². The maximum absolute atomic E-state index is 12.5. The summed E-state index contributed by atoms with van der Waals surface area (Å²) in [7, 11) is 0. The number of anilines is 1. The normalized spacial score (nSPS) is 19.3. The second-order valence-electron chi connectivity index (χ2n) is 4.61. The highest BCUT2D eigenvalue weighted by Gasteiger charge is 2.23. The van der Waals surface area contributed by atoms with Gasteiger partial charge in [-0.05, 0) is 25.5 Å². The molecule has 1 atom stereocenters. The average molecular weight is 279 g/mol. The summed E-state index contributed by atoms with van der Waals surface area (Å²) in [4.78, 5) is 18.6. The van der Waals surface area contributed by atoms with Crippen LogP contribution >= 0.6 is 11.8 Å². The molecule has 0 aliphatic carbocycles. The molecule has 1 unspecified atom stereocenters. The lowest BCUT2D eigenvalue weighted by molar-refractivity contribution is 0.0761. The number of carbonyl (C=O) groups excluding carboxylic acids is 1. The summed E-state index contributed by atoms with van der Waals surface area (Å²) < 4.78 is 0. The second-order valence-corrected chi connectivity index (χ2v) is 6.02. The Morgan fingerprint density at radius 1 is 1.58 bits per heavy atom. The van der Waals surface area contributed by atoms with Crippen molar-refractivity contribution in [1.29, 1.82) is 0 Å². The molecule has 19 heavy (non-hydrogen) atoms. The van der Waals surface area contributed by atoms with Crippen LogP contribution < -0.4 is 5.32 Å². The highest BCUT2D eigenvalue weighted by atomic mass is 32.2. The fraction of sp³-hybridized carbons (Fsp3) is 0.571. The number of nitrogens with one attached hydrogen (secondary N) is 1. The Morgan fingerprint density at radius 2 is 2.42 bits per heavy atom. The van der Waals surface area contributed by atoms with Crippen LogP contribution in [0.25, 0.3) is 0 Å². The van der Waals surface area contributed by atoms with Gasteiger partial charge in [0.25, 0.3) is 5.91 Å². The summed E-state index contributed by atoms with van der Waals surface area (Å²) in [6.07, 6.45) is 2.81. The zero-order valence-electron chi connectivity index (χ0n) is 11.6. The fourth-order valence-corrected chi connectivity index (χ4v) is 3.35. The van der Waals surface area contributed by atoms with E-state index >= 15 is 0 Å². The molecule has 104 valence electrons. The zero-order valence-corrected chi connectivity index (χ0v) is 12.4. The zero-order chi connectivity index (χ0) is 13.7. The molecule has 0 saturated carbocycles. The maximum atomic E-state index is 12.5. The number of rotatable bonds is 4. The molecule has 0 spiro atoms. The monoisotopic (exact) mass is 279 g/mol. The minimum Gasteiger partial charge on any atom is -0.370 e. The van der Waals surface area contributed by atoms with Gasteiger partial charge in [0.15, 0.2) is 0 Å². The van der Waals surface area contributed by atoms with Crippen molar-refractivity contribution in [3.05, 3.63) is 23.9 Å². The van der Waals surface area contributed by atoms with Crippen LogP contribution in [-0.4, -0.2) is 46.4 Å². The Morgan fingerprint density at radius 3 is 3.16 bits per heavy atom. The topological polar surface area (TPSA) is 45.2 Å². The summed E-state index contributed by atoms with van der Waals surface area (Å²) in [6.45, 7) is 6.71. The van der Waals surface area contributed by atoms with E-state index in [-0.39, 0.29) is 5.91 Å². The van der Waals surface area contributed by atoms with Crippen molar-refractivity contribution >= 4 is 23.5 Å². The van der Waals surface area contributed by atoms with E-state index < -0.39 is 0 Å². The van der Waals surface area contributed by atoms with Crippen LogP contribution in [0.1, 0.15) is 30.6 Å². The van der Waals surface area contributed by atoms with E-state index in [9.17, 15) is 4.79 Å². The van der Waals surface area contributed by atoms with E-state index in [1.165, 1.54) is 0 Å². The summed E-state index contributed by atoms with van der Waals surface area (Å²) in [5.74, 6) is 1.93. The van der Waals surface area contributed by atoms with Gasteiger partial charge in [0.1, 0.15) is 5.82 Å². The molecular weight excluding hydrogens is 258 g/mol. The largest absolute Gasteiger partial charge is 0.370 e. The molecule has 2 rings (SSSR count). The molecule has 2 heterocycles. The quantitative estimate of drug-likeness (QED) is 0.919. The van der Waals surface area contributed by atoms with Gasteiger partial charge in [-0.25, -0.2) is 4.98 Å². The smallest absolute Gasteiger partial charge is 0.254 e. The Hall–Kier alpha value is -1.23. The van der Waals surface area contributed by atoms with Gasteiger partial charge < -0.3 is 10.2 Å². The molecule has 5 heteroatoms. The molecular formula is C14H21N3OS. The first-order chi connectivity index (χ1) is 9.24. The molecule has 1 aromatic rings. The highest BCUT2D eigenvalue weighted by molar-refractivity contribution is 8.00. The van der Waals surface area contributed by atoms with Gasteiger partial charge in [0.2, 0.25) is 0 Å². The third-order valence-electron chi connectivity index (χ3n) is 3.25. The van der Waals surface area contributed by atoms with Crippen LogP contribution in [0.5, 0.6) is 0 Å². The highest BCUT2D eigenvalue weighted by Crippen LogP contribution is 2.22. The molecule has 1 amide bonds. The minimum absolute atomic E-state index is 0.125. The molecule has 1 aliphatic heterocycles. The number of amides is 1. The van der Waals surface area contributed by atoms with Crippen molar-refractivity contribution in [3.8, 4) is 0 Å². The molecule has 0 aromatic carbocycles. The van der Waals surface area contributed by atoms with E-state index in [4.69, 9.17) is 0 Å². The van der Waals surface area contributed by atoms with Crippen molar-refractivity contribution < 1.29 is 4.79 Å². The molecule has 1 N–H and O–H groups in total.